The topological polar surface area (TPSA) is 21.3 Å². The molecule has 1 unspecified atom stereocenters. The lowest BCUT2D eigenvalue weighted by molar-refractivity contribution is 0.318. The van der Waals surface area contributed by atoms with Gasteiger partial charge in [-0.1, -0.05) is 42.8 Å². The van der Waals surface area contributed by atoms with Crippen LogP contribution in [0.4, 0.5) is 5.69 Å². The number of anilines is 1. The standard InChI is InChI=1S/C18H22ClNO/c1-3-12-21-18-7-5-4-6-17(18)20-14(2)13-15-8-10-16(19)11-9-15/h4-11,14,20H,3,12-13H2,1-2H3. The van der Waals surface area contributed by atoms with E-state index in [0.717, 1.165) is 35.9 Å². The maximum absolute atomic E-state index is 5.92. The van der Waals surface area contributed by atoms with E-state index in [0.29, 0.717) is 6.04 Å². The fourth-order valence-corrected chi connectivity index (χ4v) is 2.34. The molecular formula is C18H22ClNO. The molecule has 0 radical (unpaired) electrons. The molecule has 1 N–H and O–H groups in total. The van der Waals surface area contributed by atoms with E-state index in [1.165, 1.54) is 5.56 Å². The van der Waals surface area contributed by atoms with Crippen LogP contribution in [0.1, 0.15) is 25.8 Å². The summed E-state index contributed by atoms with van der Waals surface area (Å²) in [7, 11) is 0. The molecule has 0 aliphatic heterocycles. The van der Waals surface area contributed by atoms with E-state index in [2.05, 4.69) is 37.4 Å². The molecular weight excluding hydrogens is 282 g/mol. The third-order valence-electron chi connectivity index (χ3n) is 3.21. The molecule has 0 amide bonds. The molecule has 0 saturated carbocycles. The number of hydrogen-bond donors (Lipinski definition) is 1. The van der Waals surface area contributed by atoms with Crippen molar-refractivity contribution in [3.05, 3.63) is 59.1 Å². The first-order valence-electron chi connectivity index (χ1n) is 7.42. The summed E-state index contributed by atoms with van der Waals surface area (Å²) in [5.74, 6) is 0.919. The fraction of sp³-hybridized carbons (Fsp3) is 0.333. The lowest BCUT2D eigenvalue weighted by Gasteiger charge is -2.18. The van der Waals surface area contributed by atoms with Crippen LogP contribution < -0.4 is 10.1 Å². The van der Waals surface area contributed by atoms with Crippen LogP contribution in [0, 0.1) is 0 Å². The highest BCUT2D eigenvalue weighted by molar-refractivity contribution is 6.30. The van der Waals surface area contributed by atoms with Crippen LogP contribution in [0.5, 0.6) is 5.75 Å². The largest absolute Gasteiger partial charge is 0.491 e. The van der Waals surface area contributed by atoms with E-state index in [-0.39, 0.29) is 0 Å². The van der Waals surface area contributed by atoms with Crippen molar-refractivity contribution in [3.8, 4) is 5.75 Å². The van der Waals surface area contributed by atoms with Gasteiger partial charge in [-0.15, -0.1) is 0 Å². The van der Waals surface area contributed by atoms with Gasteiger partial charge in [-0.05, 0) is 49.6 Å². The molecule has 0 bridgehead atoms. The number of hydrogen-bond acceptors (Lipinski definition) is 2. The van der Waals surface area contributed by atoms with Gasteiger partial charge in [0.2, 0.25) is 0 Å². The average molecular weight is 304 g/mol. The Labute approximate surface area is 132 Å². The van der Waals surface area contributed by atoms with E-state index in [1.54, 1.807) is 0 Å². The van der Waals surface area contributed by atoms with Crippen molar-refractivity contribution in [2.45, 2.75) is 32.7 Å². The average Bonchev–Trinajstić information content (AvgIpc) is 2.49. The second kappa shape index (κ2) is 7.94. The molecule has 2 rings (SSSR count). The predicted octanol–water partition coefficient (Wildman–Crippen LogP) is 5.17. The monoisotopic (exact) mass is 303 g/mol. The van der Waals surface area contributed by atoms with Gasteiger partial charge in [0.25, 0.3) is 0 Å². The first-order valence-corrected chi connectivity index (χ1v) is 7.79. The summed E-state index contributed by atoms with van der Waals surface area (Å²) in [5.41, 5.74) is 2.32. The smallest absolute Gasteiger partial charge is 0.142 e. The Bertz CT molecular complexity index is 553. The van der Waals surface area contributed by atoms with Gasteiger partial charge >= 0.3 is 0 Å². The molecule has 0 aromatic heterocycles. The van der Waals surface area contributed by atoms with Crippen LogP contribution in [0.15, 0.2) is 48.5 Å². The third-order valence-corrected chi connectivity index (χ3v) is 3.46. The normalized spacial score (nSPS) is 12.0. The maximum atomic E-state index is 5.92. The van der Waals surface area contributed by atoms with E-state index < -0.39 is 0 Å². The summed E-state index contributed by atoms with van der Waals surface area (Å²) in [6, 6.07) is 16.4. The van der Waals surface area contributed by atoms with E-state index >= 15 is 0 Å². The molecule has 0 aliphatic rings. The number of benzene rings is 2. The van der Waals surface area contributed by atoms with Gasteiger partial charge < -0.3 is 10.1 Å². The minimum atomic E-state index is 0.317. The van der Waals surface area contributed by atoms with Gasteiger partial charge in [0.1, 0.15) is 5.75 Å². The zero-order valence-corrected chi connectivity index (χ0v) is 13.4. The molecule has 112 valence electrons. The highest BCUT2D eigenvalue weighted by atomic mass is 35.5. The Hall–Kier alpha value is -1.67. The van der Waals surface area contributed by atoms with Crippen molar-refractivity contribution in [2.24, 2.45) is 0 Å². The van der Waals surface area contributed by atoms with E-state index in [1.807, 2.05) is 30.3 Å². The molecule has 0 spiro atoms. The second-order valence-electron chi connectivity index (χ2n) is 5.22. The minimum Gasteiger partial charge on any atom is -0.491 e. The van der Waals surface area contributed by atoms with Crippen LogP contribution in [0.3, 0.4) is 0 Å². The zero-order valence-electron chi connectivity index (χ0n) is 12.6. The van der Waals surface area contributed by atoms with Gasteiger partial charge in [-0.2, -0.15) is 0 Å². The Morgan fingerprint density at radius 2 is 1.81 bits per heavy atom. The Balaban J connectivity index is 1.98. The van der Waals surface area contributed by atoms with Crippen LogP contribution in [-0.4, -0.2) is 12.6 Å². The van der Waals surface area contributed by atoms with Crippen LogP contribution in [-0.2, 0) is 6.42 Å². The number of nitrogens with one attached hydrogen (secondary N) is 1. The van der Waals surface area contributed by atoms with Crippen molar-refractivity contribution < 1.29 is 4.74 Å². The van der Waals surface area contributed by atoms with Gasteiger partial charge in [0.15, 0.2) is 0 Å². The lowest BCUT2D eigenvalue weighted by Crippen LogP contribution is -2.18. The molecule has 2 aromatic carbocycles. The van der Waals surface area contributed by atoms with Gasteiger partial charge in [0.05, 0.1) is 12.3 Å². The SMILES string of the molecule is CCCOc1ccccc1NC(C)Cc1ccc(Cl)cc1. The minimum absolute atomic E-state index is 0.317. The van der Waals surface area contributed by atoms with Crippen LogP contribution in [0.25, 0.3) is 0 Å². The second-order valence-corrected chi connectivity index (χ2v) is 5.66. The van der Waals surface area contributed by atoms with Crippen LogP contribution >= 0.6 is 11.6 Å². The fourth-order valence-electron chi connectivity index (χ4n) is 2.21. The van der Waals surface area contributed by atoms with Crippen LogP contribution in [0.2, 0.25) is 5.02 Å². The highest BCUT2D eigenvalue weighted by Gasteiger charge is 2.08. The van der Waals surface area contributed by atoms with Gasteiger partial charge in [0, 0.05) is 11.1 Å². The summed E-state index contributed by atoms with van der Waals surface area (Å²) in [6.45, 7) is 5.02. The summed E-state index contributed by atoms with van der Waals surface area (Å²) in [5, 5.41) is 4.30. The van der Waals surface area contributed by atoms with Crippen molar-refractivity contribution in [2.75, 3.05) is 11.9 Å². The third kappa shape index (κ3) is 4.98. The summed E-state index contributed by atoms with van der Waals surface area (Å²) < 4.78 is 5.77. The number of halogens is 1. The summed E-state index contributed by atoms with van der Waals surface area (Å²) >= 11 is 5.92. The highest BCUT2D eigenvalue weighted by Crippen LogP contribution is 2.25. The quantitative estimate of drug-likeness (QED) is 0.761. The molecule has 2 aromatic rings. The zero-order chi connectivity index (χ0) is 15.1. The van der Waals surface area contributed by atoms with Crippen molar-refractivity contribution in [3.63, 3.8) is 0 Å². The van der Waals surface area contributed by atoms with Gasteiger partial charge in [-0.3, -0.25) is 0 Å². The lowest BCUT2D eigenvalue weighted by atomic mass is 10.1. The molecule has 0 saturated heterocycles. The summed E-state index contributed by atoms with van der Waals surface area (Å²) in [4.78, 5) is 0. The predicted molar refractivity (Wildman–Crippen MR) is 90.5 cm³/mol. The van der Waals surface area contributed by atoms with Gasteiger partial charge in [-0.25, -0.2) is 0 Å². The number of para-hydroxylation sites is 2. The Morgan fingerprint density at radius 1 is 1.10 bits per heavy atom. The Kier molecular flexibility index (Phi) is 5.94. The maximum Gasteiger partial charge on any atom is 0.142 e. The van der Waals surface area contributed by atoms with Crippen molar-refractivity contribution in [1.29, 1.82) is 0 Å². The molecule has 0 heterocycles. The van der Waals surface area contributed by atoms with E-state index in [4.69, 9.17) is 16.3 Å². The molecule has 1 atom stereocenters. The molecule has 3 heteroatoms. The molecule has 2 nitrogen and oxygen atoms in total. The Morgan fingerprint density at radius 3 is 2.52 bits per heavy atom. The van der Waals surface area contributed by atoms with Crippen molar-refractivity contribution >= 4 is 17.3 Å². The molecule has 0 aliphatic carbocycles. The summed E-state index contributed by atoms with van der Waals surface area (Å²) in [6.07, 6.45) is 1.95. The molecule has 21 heavy (non-hydrogen) atoms. The first kappa shape index (κ1) is 15.7. The first-order chi connectivity index (χ1) is 10.2. The number of ether oxygens (including phenoxy) is 1. The van der Waals surface area contributed by atoms with Crippen molar-refractivity contribution in [1.82, 2.24) is 0 Å². The molecule has 0 fully saturated rings. The van der Waals surface area contributed by atoms with E-state index in [9.17, 15) is 0 Å². The number of rotatable bonds is 7.